The van der Waals surface area contributed by atoms with Gasteiger partial charge in [-0.3, -0.25) is 0 Å². The van der Waals surface area contributed by atoms with Crippen LogP contribution in [-0.2, 0) is 17.8 Å². The fourth-order valence-electron chi connectivity index (χ4n) is 4.29. The van der Waals surface area contributed by atoms with Gasteiger partial charge in [-0.1, -0.05) is 59.6 Å². The summed E-state index contributed by atoms with van der Waals surface area (Å²) in [6.45, 7) is -0.00267. The Labute approximate surface area is 207 Å². The van der Waals surface area contributed by atoms with Gasteiger partial charge in [-0.15, -0.1) is 0 Å². The van der Waals surface area contributed by atoms with Crippen molar-refractivity contribution in [1.82, 2.24) is 4.98 Å². The molecule has 1 heterocycles. The highest BCUT2D eigenvalue weighted by molar-refractivity contribution is 6.36. The van der Waals surface area contributed by atoms with Crippen LogP contribution in [0.25, 0.3) is 22.6 Å². The second-order valence-electron chi connectivity index (χ2n) is 8.05. The number of carbonyl (C=O) groups excluding carboxylic acids is 1. The number of halogens is 2. The first-order valence-corrected chi connectivity index (χ1v) is 11.7. The molecule has 0 atom stereocenters. The van der Waals surface area contributed by atoms with E-state index in [9.17, 15) is 4.79 Å². The first kappa shape index (κ1) is 22.5. The van der Waals surface area contributed by atoms with E-state index in [1.54, 1.807) is 25.3 Å². The Hall–Kier alpha value is -3.34. The molecule has 0 radical (unpaired) electrons. The maximum Gasteiger partial charge on any atom is 0.339 e. The molecule has 1 aromatic heterocycles. The minimum Gasteiger partial charge on any atom is -0.497 e. The zero-order chi connectivity index (χ0) is 23.7. The predicted molar refractivity (Wildman–Crippen MR) is 137 cm³/mol. The van der Waals surface area contributed by atoms with Crippen molar-refractivity contribution in [3.63, 3.8) is 0 Å². The smallest absolute Gasteiger partial charge is 0.339 e. The Morgan fingerprint density at radius 1 is 0.971 bits per heavy atom. The van der Waals surface area contributed by atoms with Gasteiger partial charge in [0.15, 0.2) is 0 Å². The average Bonchev–Trinajstić information content (AvgIpc) is 3.24. The van der Waals surface area contributed by atoms with Gasteiger partial charge in [0.25, 0.3) is 0 Å². The molecule has 0 saturated heterocycles. The number of allylic oxidation sites excluding steroid dienone is 1. The fraction of sp³-hybridized carbons (Fsp3) is 0.143. The number of ether oxygens (including phenoxy) is 2. The van der Waals surface area contributed by atoms with Gasteiger partial charge in [-0.25, -0.2) is 9.78 Å². The van der Waals surface area contributed by atoms with Crippen molar-refractivity contribution >= 4 is 51.7 Å². The van der Waals surface area contributed by atoms with E-state index in [1.165, 1.54) is 0 Å². The van der Waals surface area contributed by atoms with E-state index in [2.05, 4.69) is 6.08 Å². The first-order valence-electron chi connectivity index (χ1n) is 10.9. The van der Waals surface area contributed by atoms with Gasteiger partial charge < -0.3 is 9.47 Å². The Morgan fingerprint density at radius 2 is 1.71 bits per heavy atom. The largest absolute Gasteiger partial charge is 0.497 e. The molecule has 34 heavy (non-hydrogen) atoms. The summed E-state index contributed by atoms with van der Waals surface area (Å²) in [6, 6.07) is 20.7. The van der Waals surface area contributed by atoms with Gasteiger partial charge in [0, 0.05) is 21.0 Å². The maximum atomic E-state index is 13.4. The standard InChI is InChI=1S/C28H21Cl2NO3/c1-33-19-12-9-17(10-13-19)15-18-11-14-21-26(20-5-2-3-8-25(20)31-27(18)21)28(32)34-16-22-23(29)6-4-7-24(22)30/h2-10,12-13,15H,11,14,16H2,1H3. The van der Waals surface area contributed by atoms with Crippen LogP contribution in [0.1, 0.15) is 39.2 Å². The van der Waals surface area contributed by atoms with Crippen molar-refractivity contribution in [2.75, 3.05) is 7.11 Å². The van der Waals surface area contributed by atoms with Crippen molar-refractivity contribution in [3.8, 4) is 5.75 Å². The number of para-hydroxylation sites is 1. The lowest BCUT2D eigenvalue weighted by Gasteiger charge is -2.13. The number of rotatable bonds is 5. The molecule has 5 rings (SSSR count). The summed E-state index contributed by atoms with van der Waals surface area (Å²) >= 11 is 12.5. The van der Waals surface area contributed by atoms with Gasteiger partial charge in [0.05, 0.1) is 23.9 Å². The second-order valence-corrected chi connectivity index (χ2v) is 8.86. The summed E-state index contributed by atoms with van der Waals surface area (Å²) < 4.78 is 11.0. The molecule has 0 bridgehead atoms. The van der Waals surface area contributed by atoms with Crippen LogP contribution in [0.4, 0.5) is 0 Å². The van der Waals surface area contributed by atoms with Crippen LogP contribution in [0.15, 0.2) is 66.7 Å². The van der Waals surface area contributed by atoms with Crippen molar-refractivity contribution in [3.05, 3.63) is 105 Å². The SMILES string of the molecule is COc1ccc(C=C2CCc3c2nc2ccccc2c3C(=O)OCc2c(Cl)cccc2Cl)cc1. The molecule has 0 amide bonds. The lowest BCUT2D eigenvalue weighted by Crippen LogP contribution is -2.11. The second kappa shape index (κ2) is 9.49. The number of hydrogen-bond donors (Lipinski definition) is 0. The first-order chi connectivity index (χ1) is 16.5. The molecule has 0 unspecified atom stereocenters. The summed E-state index contributed by atoms with van der Waals surface area (Å²) in [5.74, 6) is 0.401. The fourth-order valence-corrected chi connectivity index (χ4v) is 4.80. The predicted octanol–water partition coefficient (Wildman–Crippen LogP) is 7.39. The molecule has 4 aromatic rings. The number of benzene rings is 3. The van der Waals surface area contributed by atoms with E-state index in [1.807, 2.05) is 48.5 Å². The van der Waals surface area contributed by atoms with Crippen LogP contribution < -0.4 is 4.74 Å². The molecule has 0 N–H and O–H groups in total. The minimum absolute atomic E-state index is 0.00267. The molecule has 6 heteroatoms. The van der Waals surface area contributed by atoms with Crippen molar-refractivity contribution in [1.29, 1.82) is 0 Å². The number of aromatic nitrogens is 1. The number of pyridine rings is 1. The third-order valence-electron chi connectivity index (χ3n) is 6.01. The van der Waals surface area contributed by atoms with E-state index in [0.29, 0.717) is 27.6 Å². The van der Waals surface area contributed by atoms with Crippen LogP contribution in [0.3, 0.4) is 0 Å². The Kier molecular flexibility index (Phi) is 6.27. The van der Waals surface area contributed by atoms with Crippen LogP contribution in [0.5, 0.6) is 5.75 Å². The highest BCUT2D eigenvalue weighted by atomic mass is 35.5. The van der Waals surface area contributed by atoms with Crippen LogP contribution in [0, 0.1) is 0 Å². The summed E-state index contributed by atoms with van der Waals surface area (Å²) in [5, 5.41) is 1.71. The normalized spacial score (nSPS) is 13.8. The van der Waals surface area contributed by atoms with Crippen molar-refractivity contribution in [2.45, 2.75) is 19.4 Å². The number of carbonyl (C=O) groups is 1. The van der Waals surface area contributed by atoms with E-state index < -0.39 is 5.97 Å². The number of hydrogen-bond acceptors (Lipinski definition) is 4. The molecule has 0 saturated carbocycles. The topological polar surface area (TPSA) is 48.4 Å². The zero-order valence-corrected chi connectivity index (χ0v) is 20.0. The zero-order valence-electron chi connectivity index (χ0n) is 18.5. The number of esters is 1. The molecule has 0 aliphatic heterocycles. The van der Waals surface area contributed by atoms with Crippen molar-refractivity contribution < 1.29 is 14.3 Å². The van der Waals surface area contributed by atoms with Crippen LogP contribution in [0.2, 0.25) is 10.0 Å². The molecule has 1 aliphatic carbocycles. The molecule has 4 nitrogen and oxygen atoms in total. The van der Waals surface area contributed by atoms with E-state index >= 15 is 0 Å². The van der Waals surface area contributed by atoms with Crippen LogP contribution in [-0.4, -0.2) is 18.1 Å². The lowest BCUT2D eigenvalue weighted by molar-refractivity contribution is 0.0474. The average molecular weight is 490 g/mol. The molecule has 0 fully saturated rings. The molecular weight excluding hydrogens is 469 g/mol. The Bertz CT molecular complexity index is 1410. The number of fused-ring (bicyclic) bond motifs is 2. The quantitative estimate of drug-likeness (QED) is 0.274. The highest BCUT2D eigenvalue weighted by Crippen LogP contribution is 2.38. The van der Waals surface area contributed by atoms with E-state index in [4.69, 9.17) is 37.7 Å². The molecule has 170 valence electrons. The summed E-state index contributed by atoms with van der Waals surface area (Å²) in [5.41, 5.74) is 5.80. The molecule has 1 aliphatic rings. The highest BCUT2D eigenvalue weighted by Gasteiger charge is 2.27. The van der Waals surface area contributed by atoms with Crippen LogP contribution >= 0.6 is 23.2 Å². The lowest BCUT2D eigenvalue weighted by atomic mass is 10.0. The van der Waals surface area contributed by atoms with E-state index in [-0.39, 0.29) is 6.61 Å². The third kappa shape index (κ3) is 4.27. The van der Waals surface area contributed by atoms with Gasteiger partial charge in [0.2, 0.25) is 0 Å². The maximum absolute atomic E-state index is 13.4. The van der Waals surface area contributed by atoms with Gasteiger partial charge >= 0.3 is 5.97 Å². The Balaban J connectivity index is 1.53. The molecule has 3 aromatic carbocycles. The number of methoxy groups -OCH3 is 1. The van der Waals surface area contributed by atoms with Crippen molar-refractivity contribution in [2.24, 2.45) is 0 Å². The number of nitrogens with zero attached hydrogens (tertiary/aromatic N) is 1. The molecular formula is C28H21Cl2NO3. The molecule has 0 spiro atoms. The van der Waals surface area contributed by atoms with E-state index in [0.717, 1.165) is 45.5 Å². The van der Waals surface area contributed by atoms with Gasteiger partial charge in [-0.05, 0) is 65.9 Å². The van der Waals surface area contributed by atoms with Gasteiger partial charge in [0.1, 0.15) is 12.4 Å². The van der Waals surface area contributed by atoms with Gasteiger partial charge in [-0.2, -0.15) is 0 Å². The summed E-state index contributed by atoms with van der Waals surface area (Å²) in [7, 11) is 1.65. The summed E-state index contributed by atoms with van der Waals surface area (Å²) in [4.78, 5) is 18.3. The Morgan fingerprint density at radius 3 is 2.44 bits per heavy atom. The summed E-state index contributed by atoms with van der Waals surface area (Å²) in [6.07, 6.45) is 3.62. The third-order valence-corrected chi connectivity index (χ3v) is 6.72. The minimum atomic E-state index is -0.406. The monoisotopic (exact) mass is 489 g/mol.